The molecule has 0 bridgehead atoms. The summed E-state index contributed by atoms with van der Waals surface area (Å²) in [6.45, 7) is 0. The molecule has 1 amide bonds. The number of hydrogen-bond donors (Lipinski definition) is 3. The van der Waals surface area contributed by atoms with Crippen LogP contribution in [-0.2, 0) is 10.0 Å². The number of rotatable bonds is 6. The van der Waals surface area contributed by atoms with Gasteiger partial charge in [0.1, 0.15) is 5.82 Å². The molecule has 0 aliphatic heterocycles. The summed E-state index contributed by atoms with van der Waals surface area (Å²) in [5.41, 5.74) is -0.0343. The van der Waals surface area contributed by atoms with Crippen molar-refractivity contribution in [2.45, 2.75) is 4.90 Å². The topological polar surface area (TPSA) is 113 Å². The summed E-state index contributed by atoms with van der Waals surface area (Å²) in [5, 5.41) is 11.4. The Kier molecular flexibility index (Phi) is 5.60. The van der Waals surface area contributed by atoms with Crippen LogP contribution < -0.4 is 10.0 Å². The number of nitrogens with one attached hydrogen (secondary N) is 2. The monoisotopic (exact) mass is 414 g/mol. The lowest BCUT2D eigenvalue weighted by Crippen LogP contribution is -2.19. The van der Waals surface area contributed by atoms with Crippen LogP contribution in [-0.4, -0.2) is 25.4 Å². The predicted octanol–water partition coefficient (Wildman–Crippen LogP) is 3.58. The number of carboxylic acid groups (broad SMARTS) is 1. The second-order valence-corrected chi connectivity index (χ2v) is 7.63. The number of carbonyl (C=O) groups is 2. The van der Waals surface area contributed by atoms with Gasteiger partial charge in [-0.2, -0.15) is 0 Å². The molecule has 3 rings (SSSR count). The molecule has 0 aliphatic carbocycles. The normalized spacial score (nSPS) is 10.9. The summed E-state index contributed by atoms with van der Waals surface area (Å²) in [6, 6.07) is 15.9. The van der Waals surface area contributed by atoms with Gasteiger partial charge in [-0.15, -0.1) is 0 Å². The van der Waals surface area contributed by atoms with Crippen molar-refractivity contribution >= 4 is 33.3 Å². The van der Waals surface area contributed by atoms with Crippen LogP contribution in [0.1, 0.15) is 20.7 Å². The number of benzene rings is 3. The zero-order valence-corrected chi connectivity index (χ0v) is 15.6. The fourth-order valence-electron chi connectivity index (χ4n) is 2.49. The van der Waals surface area contributed by atoms with Crippen molar-refractivity contribution < 1.29 is 27.5 Å². The Hall–Kier alpha value is -3.72. The Labute approximate surface area is 165 Å². The highest BCUT2D eigenvalue weighted by atomic mass is 32.2. The SMILES string of the molecule is O=C(O)c1ccc(NC(=O)c2cc(F)ccc2NS(=O)(=O)c2ccccc2)cc1. The van der Waals surface area contributed by atoms with Crippen LogP contribution in [0.5, 0.6) is 0 Å². The third kappa shape index (κ3) is 4.77. The fraction of sp³-hybridized carbons (Fsp3) is 0. The van der Waals surface area contributed by atoms with E-state index in [1.807, 2.05) is 0 Å². The largest absolute Gasteiger partial charge is 0.478 e. The first kappa shape index (κ1) is 20.0. The molecule has 0 atom stereocenters. The zero-order chi connectivity index (χ0) is 21.0. The van der Waals surface area contributed by atoms with Gasteiger partial charge in [-0.3, -0.25) is 9.52 Å². The van der Waals surface area contributed by atoms with E-state index >= 15 is 0 Å². The van der Waals surface area contributed by atoms with Crippen molar-refractivity contribution in [3.05, 3.63) is 89.7 Å². The van der Waals surface area contributed by atoms with Gasteiger partial charge in [0.25, 0.3) is 15.9 Å². The van der Waals surface area contributed by atoms with Crippen LogP contribution >= 0.6 is 0 Å². The molecule has 0 spiro atoms. The molecular weight excluding hydrogens is 399 g/mol. The number of anilines is 2. The molecule has 29 heavy (non-hydrogen) atoms. The first-order chi connectivity index (χ1) is 13.8. The highest BCUT2D eigenvalue weighted by Gasteiger charge is 2.19. The molecule has 0 saturated carbocycles. The van der Waals surface area contributed by atoms with Gasteiger partial charge in [-0.1, -0.05) is 18.2 Å². The minimum atomic E-state index is -3.99. The summed E-state index contributed by atoms with van der Waals surface area (Å²) in [4.78, 5) is 23.5. The lowest BCUT2D eigenvalue weighted by Gasteiger charge is -2.13. The maximum atomic E-state index is 13.7. The molecule has 0 heterocycles. The number of amides is 1. The first-order valence-corrected chi connectivity index (χ1v) is 9.77. The Morgan fingerprint density at radius 2 is 1.55 bits per heavy atom. The number of halogens is 1. The maximum absolute atomic E-state index is 13.7. The quantitative estimate of drug-likeness (QED) is 0.571. The molecule has 0 aromatic heterocycles. The van der Waals surface area contributed by atoms with Gasteiger partial charge >= 0.3 is 5.97 Å². The van der Waals surface area contributed by atoms with Crippen molar-refractivity contribution in [2.24, 2.45) is 0 Å². The van der Waals surface area contributed by atoms with E-state index in [9.17, 15) is 22.4 Å². The molecule has 3 aromatic rings. The standard InChI is InChI=1S/C20H15FN2O5S/c21-14-8-11-18(23-29(27,28)16-4-2-1-3-5-16)17(12-14)19(24)22-15-9-6-13(7-10-15)20(25)26/h1-12,23H,(H,22,24)(H,25,26). The smallest absolute Gasteiger partial charge is 0.335 e. The molecule has 3 aromatic carbocycles. The zero-order valence-electron chi connectivity index (χ0n) is 14.8. The van der Waals surface area contributed by atoms with Crippen molar-refractivity contribution in [3.8, 4) is 0 Å². The molecule has 0 fully saturated rings. The number of carboxylic acids is 1. The Balaban J connectivity index is 1.88. The fourth-order valence-corrected chi connectivity index (χ4v) is 3.59. The van der Waals surface area contributed by atoms with Gasteiger partial charge in [-0.25, -0.2) is 17.6 Å². The van der Waals surface area contributed by atoms with Gasteiger partial charge in [0.2, 0.25) is 0 Å². The van der Waals surface area contributed by atoms with Gasteiger partial charge in [0, 0.05) is 5.69 Å². The second kappa shape index (κ2) is 8.11. The number of hydrogen-bond acceptors (Lipinski definition) is 4. The van der Waals surface area contributed by atoms with E-state index in [0.717, 1.165) is 18.2 Å². The predicted molar refractivity (Wildman–Crippen MR) is 105 cm³/mol. The highest BCUT2D eigenvalue weighted by molar-refractivity contribution is 7.92. The molecule has 0 radical (unpaired) electrons. The summed E-state index contributed by atoms with van der Waals surface area (Å²) < 4.78 is 41.1. The van der Waals surface area contributed by atoms with Crippen molar-refractivity contribution in [3.63, 3.8) is 0 Å². The lowest BCUT2D eigenvalue weighted by atomic mass is 10.1. The minimum Gasteiger partial charge on any atom is -0.478 e. The minimum absolute atomic E-state index is 0.0139. The molecule has 7 nitrogen and oxygen atoms in total. The third-order valence-corrected chi connectivity index (χ3v) is 5.30. The van der Waals surface area contributed by atoms with Gasteiger partial charge in [0.05, 0.1) is 21.7 Å². The van der Waals surface area contributed by atoms with E-state index in [1.165, 1.54) is 36.4 Å². The van der Waals surface area contributed by atoms with E-state index in [1.54, 1.807) is 18.2 Å². The van der Waals surface area contributed by atoms with Gasteiger partial charge in [0.15, 0.2) is 0 Å². The van der Waals surface area contributed by atoms with E-state index in [-0.39, 0.29) is 27.4 Å². The van der Waals surface area contributed by atoms with Crippen LogP contribution in [0.4, 0.5) is 15.8 Å². The van der Waals surface area contributed by atoms with E-state index < -0.39 is 27.7 Å². The van der Waals surface area contributed by atoms with Crippen molar-refractivity contribution in [1.29, 1.82) is 0 Å². The van der Waals surface area contributed by atoms with Crippen LogP contribution in [0, 0.1) is 5.82 Å². The Bertz CT molecular complexity index is 1160. The third-order valence-electron chi connectivity index (χ3n) is 3.91. The average Bonchev–Trinajstić information content (AvgIpc) is 2.70. The van der Waals surface area contributed by atoms with Gasteiger partial charge < -0.3 is 10.4 Å². The van der Waals surface area contributed by atoms with Crippen LogP contribution in [0.3, 0.4) is 0 Å². The average molecular weight is 414 g/mol. The molecular formula is C20H15FN2O5S. The first-order valence-electron chi connectivity index (χ1n) is 8.28. The summed E-state index contributed by atoms with van der Waals surface area (Å²) in [5.74, 6) is -2.61. The highest BCUT2D eigenvalue weighted by Crippen LogP contribution is 2.23. The molecule has 0 saturated heterocycles. The van der Waals surface area contributed by atoms with Crippen LogP contribution in [0.15, 0.2) is 77.7 Å². The Morgan fingerprint density at radius 3 is 2.17 bits per heavy atom. The molecule has 9 heteroatoms. The van der Waals surface area contributed by atoms with E-state index in [4.69, 9.17) is 5.11 Å². The Morgan fingerprint density at radius 1 is 0.897 bits per heavy atom. The second-order valence-electron chi connectivity index (χ2n) is 5.95. The molecule has 0 unspecified atom stereocenters. The molecule has 3 N–H and O–H groups in total. The van der Waals surface area contributed by atoms with Crippen LogP contribution in [0.25, 0.3) is 0 Å². The summed E-state index contributed by atoms with van der Waals surface area (Å²) in [6.07, 6.45) is 0. The van der Waals surface area contributed by atoms with Crippen molar-refractivity contribution in [2.75, 3.05) is 10.0 Å². The van der Waals surface area contributed by atoms with Crippen LogP contribution in [0.2, 0.25) is 0 Å². The lowest BCUT2D eigenvalue weighted by molar-refractivity contribution is 0.0696. The number of sulfonamides is 1. The van der Waals surface area contributed by atoms with Gasteiger partial charge in [-0.05, 0) is 54.6 Å². The maximum Gasteiger partial charge on any atom is 0.335 e. The number of aromatic carboxylic acids is 1. The van der Waals surface area contributed by atoms with Crippen molar-refractivity contribution in [1.82, 2.24) is 0 Å². The number of carbonyl (C=O) groups excluding carboxylic acids is 1. The summed E-state index contributed by atoms with van der Waals surface area (Å²) in [7, 11) is -3.99. The van der Waals surface area contributed by atoms with E-state index in [2.05, 4.69) is 10.0 Å². The molecule has 0 aliphatic rings. The summed E-state index contributed by atoms with van der Waals surface area (Å²) >= 11 is 0. The van der Waals surface area contributed by atoms with E-state index in [0.29, 0.717) is 0 Å². The molecule has 148 valence electrons.